The van der Waals surface area contributed by atoms with Crippen molar-refractivity contribution in [2.45, 2.75) is 74.8 Å². The van der Waals surface area contributed by atoms with Crippen molar-refractivity contribution in [3.63, 3.8) is 0 Å². The summed E-state index contributed by atoms with van der Waals surface area (Å²) in [5, 5.41) is 40.0. The summed E-state index contributed by atoms with van der Waals surface area (Å²) in [6.07, 6.45) is 0.917. The molecular weight excluding hydrogens is 514 g/mol. The zero-order chi connectivity index (χ0) is 28.2. The number of aliphatic carboxylic acids is 1. The first-order chi connectivity index (χ1) is 19.4. The fourth-order valence-electron chi connectivity index (χ4n) is 5.62. The molecule has 1 saturated carbocycles. The van der Waals surface area contributed by atoms with E-state index in [2.05, 4.69) is 24.3 Å². The van der Waals surface area contributed by atoms with Crippen LogP contribution in [-0.2, 0) is 16.0 Å². The smallest absolute Gasteiger partial charge is 0.335 e. The fourth-order valence-corrected chi connectivity index (χ4v) is 5.62. The Labute approximate surface area is 233 Å². The monoisotopic (exact) mass is 550 g/mol. The van der Waals surface area contributed by atoms with Gasteiger partial charge in [0.05, 0.1) is 13.2 Å². The lowest BCUT2D eigenvalue weighted by Crippen LogP contribution is -2.63. The molecule has 5 rings (SSSR count). The molecule has 1 aromatic heterocycles. The third-order valence-corrected chi connectivity index (χ3v) is 7.87. The van der Waals surface area contributed by atoms with Crippen molar-refractivity contribution >= 4 is 5.97 Å². The summed E-state index contributed by atoms with van der Waals surface area (Å²) < 4.78 is 18.9. The minimum atomic E-state index is -1.73. The van der Waals surface area contributed by atoms with E-state index in [0.717, 1.165) is 35.3 Å². The molecule has 1 aliphatic heterocycles. The molecule has 1 aliphatic carbocycles. The van der Waals surface area contributed by atoms with Crippen molar-refractivity contribution < 1.29 is 44.0 Å². The number of carboxylic acids is 1. The summed E-state index contributed by atoms with van der Waals surface area (Å²) in [5.74, 6) is 0.0537. The number of hydrogen-bond acceptors (Lipinski definition) is 7. The number of pyridine rings is 1. The fraction of sp³-hybridized carbons (Fsp3) is 0.419. The van der Waals surface area contributed by atoms with Gasteiger partial charge in [0.25, 0.3) is 6.23 Å². The average Bonchev–Trinajstić information content (AvgIpc) is 3.49. The first-order valence-corrected chi connectivity index (χ1v) is 13.7. The highest BCUT2D eigenvalue weighted by atomic mass is 16.6. The van der Waals surface area contributed by atoms with E-state index in [9.17, 15) is 25.2 Å². The summed E-state index contributed by atoms with van der Waals surface area (Å²) in [6, 6.07) is 20.0. The molecule has 0 spiro atoms. The Morgan fingerprint density at radius 2 is 1.62 bits per heavy atom. The first-order valence-electron chi connectivity index (χ1n) is 13.7. The van der Waals surface area contributed by atoms with Crippen LogP contribution in [0.4, 0.5) is 0 Å². The van der Waals surface area contributed by atoms with Crippen LogP contribution in [-0.4, -0.2) is 64.0 Å². The van der Waals surface area contributed by atoms with Gasteiger partial charge in [0.2, 0.25) is 0 Å². The van der Waals surface area contributed by atoms with Crippen LogP contribution in [0.2, 0.25) is 0 Å². The van der Waals surface area contributed by atoms with Crippen molar-refractivity contribution in [2.75, 3.05) is 7.11 Å². The van der Waals surface area contributed by atoms with Crippen molar-refractivity contribution in [3.8, 4) is 11.5 Å². The second kappa shape index (κ2) is 12.3. The summed E-state index contributed by atoms with van der Waals surface area (Å²) >= 11 is 0. The number of benzene rings is 2. The van der Waals surface area contributed by atoms with Crippen LogP contribution in [0.3, 0.4) is 0 Å². The van der Waals surface area contributed by atoms with Crippen LogP contribution in [0.5, 0.6) is 11.5 Å². The molecule has 2 fully saturated rings. The summed E-state index contributed by atoms with van der Waals surface area (Å²) in [6.45, 7) is 0. The highest BCUT2D eigenvalue weighted by Gasteiger charge is 2.51. The predicted octanol–water partition coefficient (Wildman–Crippen LogP) is 2.74. The van der Waals surface area contributed by atoms with Gasteiger partial charge in [-0.15, -0.1) is 0 Å². The Morgan fingerprint density at radius 1 is 0.925 bits per heavy atom. The summed E-state index contributed by atoms with van der Waals surface area (Å²) in [4.78, 5) is 11.5. The van der Waals surface area contributed by atoms with Gasteiger partial charge in [-0.25, -0.2) is 4.79 Å². The Kier molecular flexibility index (Phi) is 8.66. The maximum absolute atomic E-state index is 11.5. The molecule has 212 valence electrons. The number of carbonyl (C=O) groups is 1. The molecular formula is C31H36NO8+. The molecule has 2 aliphatic rings. The van der Waals surface area contributed by atoms with Crippen LogP contribution in [0.25, 0.3) is 0 Å². The molecule has 0 unspecified atom stereocenters. The van der Waals surface area contributed by atoms with Gasteiger partial charge in [-0.1, -0.05) is 36.4 Å². The van der Waals surface area contributed by atoms with Gasteiger partial charge in [-0.2, -0.15) is 4.57 Å². The van der Waals surface area contributed by atoms with E-state index in [-0.39, 0.29) is 12.0 Å². The topological polar surface area (TPSA) is 130 Å². The van der Waals surface area contributed by atoms with E-state index in [1.54, 1.807) is 19.5 Å². The van der Waals surface area contributed by atoms with Gasteiger partial charge in [0, 0.05) is 18.1 Å². The third kappa shape index (κ3) is 5.97. The van der Waals surface area contributed by atoms with Gasteiger partial charge in [0.1, 0.15) is 12.2 Å². The van der Waals surface area contributed by atoms with E-state index in [1.807, 2.05) is 36.4 Å². The molecule has 6 atom stereocenters. The van der Waals surface area contributed by atoms with E-state index in [4.69, 9.17) is 14.2 Å². The van der Waals surface area contributed by atoms with E-state index < -0.39 is 36.6 Å². The Balaban J connectivity index is 1.41. The maximum atomic E-state index is 11.5. The van der Waals surface area contributed by atoms with Gasteiger partial charge < -0.3 is 34.6 Å². The Morgan fingerprint density at radius 3 is 2.27 bits per heavy atom. The van der Waals surface area contributed by atoms with Crippen LogP contribution in [0.15, 0.2) is 73.1 Å². The standard InChI is InChI=1S/C31H35NO8/c1-38-24-12-11-21(18-25(24)39-22-9-5-6-10-22)23(20-7-3-2-4-8-20)17-19-13-15-32(16-14-19)30-28(35)26(33)27(34)29(40-30)31(36)37/h2-4,7-8,11-16,18,22-23,26-30,33-35H,5-6,9-10,17H2,1H3/p+1/t23-,26+,27+,28-,29+,30-/m1/s1. The number of carboxylic acid groups (broad SMARTS) is 1. The quantitative estimate of drug-likeness (QED) is 0.300. The van der Waals surface area contributed by atoms with E-state index in [1.165, 1.54) is 17.4 Å². The van der Waals surface area contributed by atoms with Crippen LogP contribution < -0.4 is 14.0 Å². The molecule has 1 saturated heterocycles. The van der Waals surface area contributed by atoms with Crippen molar-refractivity contribution in [3.05, 3.63) is 89.7 Å². The van der Waals surface area contributed by atoms with Crippen molar-refractivity contribution in [1.82, 2.24) is 0 Å². The minimum absolute atomic E-state index is 0.0127. The van der Waals surface area contributed by atoms with Crippen LogP contribution >= 0.6 is 0 Å². The number of aliphatic hydroxyl groups is 3. The van der Waals surface area contributed by atoms with Crippen LogP contribution in [0, 0.1) is 0 Å². The van der Waals surface area contributed by atoms with Gasteiger partial charge in [-0.3, -0.25) is 0 Å². The SMILES string of the molecule is COc1ccc([C@H](Cc2cc[n+]([C@@H]3O[C@H](C(=O)O)[C@@H](O)[C@H](O)[C@H]3O)cc2)c2ccccc2)cc1OC1CCCC1. The number of hydrogen-bond donors (Lipinski definition) is 4. The summed E-state index contributed by atoms with van der Waals surface area (Å²) in [5.41, 5.74) is 3.23. The summed E-state index contributed by atoms with van der Waals surface area (Å²) in [7, 11) is 1.65. The molecule has 4 N–H and O–H groups in total. The van der Waals surface area contributed by atoms with Gasteiger partial charge in [0.15, 0.2) is 36.1 Å². The number of rotatable bonds is 9. The molecule has 2 heterocycles. The van der Waals surface area contributed by atoms with E-state index in [0.29, 0.717) is 12.2 Å². The molecule has 40 heavy (non-hydrogen) atoms. The molecule has 2 aromatic carbocycles. The Hall–Kier alpha value is -3.50. The van der Waals surface area contributed by atoms with E-state index >= 15 is 0 Å². The number of ether oxygens (including phenoxy) is 3. The third-order valence-electron chi connectivity index (χ3n) is 7.87. The number of aromatic nitrogens is 1. The van der Waals surface area contributed by atoms with Crippen molar-refractivity contribution in [2.24, 2.45) is 0 Å². The lowest BCUT2D eigenvalue weighted by Gasteiger charge is -2.35. The average molecular weight is 551 g/mol. The molecule has 0 amide bonds. The van der Waals surface area contributed by atoms with Crippen LogP contribution in [0.1, 0.15) is 54.5 Å². The molecule has 3 aromatic rings. The normalized spacial score (nSPS) is 25.9. The highest BCUT2D eigenvalue weighted by molar-refractivity contribution is 5.73. The zero-order valence-electron chi connectivity index (χ0n) is 22.4. The van der Waals surface area contributed by atoms with Gasteiger partial charge in [-0.05, 0) is 60.9 Å². The first kappa shape index (κ1) is 28.0. The number of aliphatic hydroxyl groups excluding tert-OH is 3. The predicted molar refractivity (Wildman–Crippen MR) is 144 cm³/mol. The molecule has 9 nitrogen and oxygen atoms in total. The molecule has 0 radical (unpaired) electrons. The largest absolute Gasteiger partial charge is 0.493 e. The molecule has 0 bridgehead atoms. The lowest BCUT2D eigenvalue weighted by molar-refractivity contribution is -0.777. The molecule has 9 heteroatoms. The Bertz CT molecular complexity index is 1280. The number of methoxy groups -OCH3 is 1. The second-order valence-corrected chi connectivity index (χ2v) is 10.5. The lowest BCUT2D eigenvalue weighted by atomic mass is 9.86. The maximum Gasteiger partial charge on any atom is 0.335 e. The zero-order valence-corrected chi connectivity index (χ0v) is 22.4. The number of nitrogens with zero attached hydrogens (tertiary/aromatic N) is 1. The highest BCUT2D eigenvalue weighted by Crippen LogP contribution is 2.37. The second-order valence-electron chi connectivity index (χ2n) is 10.5. The minimum Gasteiger partial charge on any atom is -0.493 e. The van der Waals surface area contributed by atoms with Crippen molar-refractivity contribution in [1.29, 1.82) is 0 Å². The van der Waals surface area contributed by atoms with Gasteiger partial charge >= 0.3 is 5.97 Å².